The summed E-state index contributed by atoms with van der Waals surface area (Å²) >= 11 is 0. The number of rotatable bonds is 8. The van der Waals surface area contributed by atoms with E-state index in [0.717, 1.165) is 38.0 Å². The minimum absolute atomic E-state index is 0.234. The van der Waals surface area contributed by atoms with Gasteiger partial charge in [-0.15, -0.1) is 0 Å². The van der Waals surface area contributed by atoms with E-state index in [1.165, 1.54) is 24.0 Å². The van der Waals surface area contributed by atoms with Gasteiger partial charge in [-0.3, -0.25) is 4.21 Å². The van der Waals surface area contributed by atoms with E-state index in [0.29, 0.717) is 5.25 Å². The van der Waals surface area contributed by atoms with Crippen molar-refractivity contribution in [3.63, 3.8) is 0 Å². The number of aryl methyl sites for hydroxylation is 1. The van der Waals surface area contributed by atoms with E-state index in [1.54, 1.807) is 0 Å². The quantitative estimate of drug-likeness (QED) is 0.787. The average molecular weight is 308 g/mol. The minimum Gasteiger partial charge on any atom is -0.309 e. The maximum atomic E-state index is 12.6. The molecule has 118 valence electrons. The van der Waals surface area contributed by atoms with Crippen LogP contribution in [0.25, 0.3) is 0 Å². The van der Waals surface area contributed by atoms with Gasteiger partial charge in [-0.25, -0.2) is 0 Å². The van der Waals surface area contributed by atoms with E-state index in [4.69, 9.17) is 0 Å². The zero-order valence-corrected chi connectivity index (χ0v) is 14.3. The monoisotopic (exact) mass is 307 g/mol. The first-order chi connectivity index (χ1) is 10.2. The smallest absolute Gasteiger partial charge is 0.0436 e. The molecule has 2 nitrogen and oxygen atoms in total. The van der Waals surface area contributed by atoms with Crippen molar-refractivity contribution in [2.45, 2.75) is 63.7 Å². The van der Waals surface area contributed by atoms with Gasteiger partial charge in [-0.2, -0.15) is 0 Å². The van der Waals surface area contributed by atoms with Crippen LogP contribution >= 0.6 is 0 Å². The maximum absolute atomic E-state index is 12.6. The van der Waals surface area contributed by atoms with Crippen LogP contribution < -0.4 is 5.32 Å². The summed E-state index contributed by atoms with van der Waals surface area (Å²) in [5.74, 6) is 0.760. The number of nitrogens with one attached hydrogen (secondary N) is 1. The molecule has 0 bridgehead atoms. The van der Waals surface area contributed by atoms with Crippen molar-refractivity contribution in [2.75, 3.05) is 12.3 Å². The zero-order valence-electron chi connectivity index (χ0n) is 13.4. The highest BCUT2D eigenvalue weighted by molar-refractivity contribution is 7.85. The summed E-state index contributed by atoms with van der Waals surface area (Å²) in [6.07, 6.45) is 7.01. The summed E-state index contributed by atoms with van der Waals surface area (Å²) in [7, 11) is -0.699. The molecular formula is C18H29NOS. The van der Waals surface area contributed by atoms with Crippen LogP contribution in [0.3, 0.4) is 0 Å². The molecule has 1 saturated carbocycles. The van der Waals surface area contributed by atoms with Gasteiger partial charge < -0.3 is 5.32 Å². The van der Waals surface area contributed by atoms with Gasteiger partial charge in [0.15, 0.2) is 0 Å². The lowest BCUT2D eigenvalue weighted by Gasteiger charge is -2.21. The zero-order chi connectivity index (χ0) is 15.1. The van der Waals surface area contributed by atoms with Gasteiger partial charge in [0.2, 0.25) is 0 Å². The second-order valence-corrected chi connectivity index (χ2v) is 7.82. The third-order valence-electron chi connectivity index (χ3n) is 4.44. The van der Waals surface area contributed by atoms with Gasteiger partial charge in [0.1, 0.15) is 0 Å². The van der Waals surface area contributed by atoms with Crippen LogP contribution in [0, 0.1) is 0 Å². The molecule has 2 rings (SSSR count). The van der Waals surface area contributed by atoms with E-state index in [1.807, 2.05) is 0 Å². The normalized spacial score (nSPS) is 18.8. The molecule has 1 aromatic rings. The van der Waals surface area contributed by atoms with E-state index in [9.17, 15) is 4.21 Å². The fraction of sp³-hybridized carbons (Fsp3) is 0.667. The van der Waals surface area contributed by atoms with Crippen LogP contribution in [-0.4, -0.2) is 21.8 Å². The Morgan fingerprint density at radius 1 is 1.19 bits per heavy atom. The van der Waals surface area contributed by atoms with E-state index in [-0.39, 0.29) is 6.04 Å². The third kappa shape index (κ3) is 4.93. The average Bonchev–Trinajstić information content (AvgIpc) is 3.06. The fourth-order valence-electron chi connectivity index (χ4n) is 3.03. The van der Waals surface area contributed by atoms with Crippen molar-refractivity contribution >= 4 is 10.8 Å². The van der Waals surface area contributed by atoms with Crippen LogP contribution in [0.1, 0.15) is 63.1 Å². The Hall–Kier alpha value is -0.670. The molecule has 1 aliphatic rings. The topological polar surface area (TPSA) is 29.1 Å². The molecule has 1 N–H and O–H groups in total. The first-order valence-corrected chi connectivity index (χ1v) is 9.82. The highest BCUT2D eigenvalue weighted by Crippen LogP contribution is 2.25. The highest BCUT2D eigenvalue weighted by Gasteiger charge is 2.24. The number of hydrogen-bond acceptors (Lipinski definition) is 2. The molecule has 3 heteroatoms. The highest BCUT2D eigenvalue weighted by atomic mass is 32.2. The van der Waals surface area contributed by atoms with E-state index in [2.05, 4.69) is 43.4 Å². The first kappa shape index (κ1) is 16.7. The fourth-order valence-corrected chi connectivity index (χ4v) is 4.80. The lowest BCUT2D eigenvalue weighted by atomic mass is 10.0. The van der Waals surface area contributed by atoms with Gasteiger partial charge in [0.25, 0.3) is 0 Å². The van der Waals surface area contributed by atoms with Gasteiger partial charge in [-0.1, -0.05) is 51.0 Å². The van der Waals surface area contributed by atoms with Gasteiger partial charge in [0.05, 0.1) is 0 Å². The molecule has 2 atom stereocenters. The Morgan fingerprint density at radius 2 is 1.86 bits per heavy atom. The summed E-state index contributed by atoms with van der Waals surface area (Å²) in [6, 6.07) is 9.05. The molecule has 0 amide bonds. The van der Waals surface area contributed by atoms with Gasteiger partial charge in [0, 0.05) is 27.8 Å². The molecule has 0 aliphatic heterocycles. The first-order valence-electron chi connectivity index (χ1n) is 8.44. The Labute approximate surface area is 132 Å². The molecule has 0 saturated heterocycles. The van der Waals surface area contributed by atoms with Crippen LogP contribution in [0.2, 0.25) is 0 Å². The van der Waals surface area contributed by atoms with Crippen LogP contribution in [0.15, 0.2) is 24.3 Å². The second-order valence-electron chi connectivity index (χ2n) is 6.06. The molecule has 0 aromatic heterocycles. The summed E-state index contributed by atoms with van der Waals surface area (Å²) in [5, 5.41) is 4.02. The van der Waals surface area contributed by atoms with Crippen molar-refractivity contribution in [3.05, 3.63) is 35.4 Å². The number of benzene rings is 1. The molecular weight excluding hydrogens is 278 g/mol. The SMILES string of the molecule is CCCNC(CS(=O)C1CCCC1)c1ccc(CC)cc1. The molecule has 1 aliphatic carbocycles. The maximum Gasteiger partial charge on any atom is 0.0436 e. The van der Waals surface area contributed by atoms with Gasteiger partial charge >= 0.3 is 0 Å². The molecule has 21 heavy (non-hydrogen) atoms. The molecule has 0 radical (unpaired) electrons. The van der Waals surface area contributed by atoms with Crippen LogP contribution in [0.4, 0.5) is 0 Å². The van der Waals surface area contributed by atoms with Crippen LogP contribution in [-0.2, 0) is 17.2 Å². The predicted octanol–water partition coefficient (Wildman–Crippen LogP) is 3.98. The number of hydrogen-bond donors (Lipinski definition) is 1. The Morgan fingerprint density at radius 3 is 2.43 bits per heavy atom. The summed E-state index contributed by atoms with van der Waals surface area (Å²) in [4.78, 5) is 0. The molecule has 1 fully saturated rings. The summed E-state index contributed by atoms with van der Waals surface area (Å²) in [5.41, 5.74) is 2.65. The van der Waals surface area contributed by atoms with E-state index < -0.39 is 10.8 Å². The van der Waals surface area contributed by atoms with Crippen molar-refractivity contribution < 1.29 is 4.21 Å². The van der Waals surface area contributed by atoms with Crippen LogP contribution in [0.5, 0.6) is 0 Å². The Bertz CT molecular complexity index is 437. The van der Waals surface area contributed by atoms with Crippen molar-refractivity contribution in [1.29, 1.82) is 0 Å². The minimum atomic E-state index is -0.699. The van der Waals surface area contributed by atoms with Crippen molar-refractivity contribution in [2.24, 2.45) is 0 Å². The Kier molecular flexibility index (Phi) is 6.91. The Balaban J connectivity index is 2.03. The van der Waals surface area contributed by atoms with Crippen molar-refractivity contribution in [3.8, 4) is 0 Å². The third-order valence-corrected chi connectivity index (χ3v) is 6.31. The molecule has 0 spiro atoms. The molecule has 0 heterocycles. The van der Waals surface area contributed by atoms with Crippen molar-refractivity contribution in [1.82, 2.24) is 5.32 Å². The lowest BCUT2D eigenvalue weighted by Crippen LogP contribution is -2.29. The molecule has 1 aromatic carbocycles. The largest absolute Gasteiger partial charge is 0.309 e. The predicted molar refractivity (Wildman–Crippen MR) is 92.1 cm³/mol. The summed E-state index contributed by atoms with van der Waals surface area (Å²) in [6.45, 7) is 5.34. The standard InChI is InChI=1S/C18H29NOS/c1-3-13-19-18(14-21(20)17-7-5-6-8-17)16-11-9-15(4-2)10-12-16/h9-12,17-19H,3-8,13-14H2,1-2H3. The summed E-state index contributed by atoms with van der Waals surface area (Å²) < 4.78 is 12.6. The van der Waals surface area contributed by atoms with E-state index >= 15 is 0 Å². The van der Waals surface area contributed by atoms with Gasteiger partial charge in [-0.05, 0) is 43.4 Å². The lowest BCUT2D eigenvalue weighted by molar-refractivity contribution is 0.567. The second kappa shape index (κ2) is 8.70. The molecule has 2 unspecified atom stereocenters.